The molecule has 2 N–H and O–H groups in total. The second kappa shape index (κ2) is 9.48. The average Bonchev–Trinajstić information content (AvgIpc) is 3.47. The van der Waals surface area contributed by atoms with Crippen molar-refractivity contribution in [3.63, 3.8) is 0 Å². The summed E-state index contributed by atoms with van der Waals surface area (Å²) in [6.07, 6.45) is 4.04. The number of hydrogen-bond acceptors (Lipinski definition) is 5. The number of nitrogens with one attached hydrogen (secondary N) is 2. The van der Waals surface area contributed by atoms with Gasteiger partial charge in [0.2, 0.25) is 0 Å². The normalized spacial score (nSPS) is 17.7. The topological polar surface area (TPSA) is 76.0 Å². The fraction of sp³-hybridized carbons (Fsp3) is 0.233. The van der Waals surface area contributed by atoms with E-state index in [4.69, 9.17) is 0 Å². The second-order valence-electron chi connectivity index (χ2n) is 9.68. The van der Waals surface area contributed by atoms with Crippen LogP contribution in [0.15, 0.2) is 89.5 Å². The van der Waals surface area contributed by atoms with E-state index in [1.54, 1.807) is 11.3 Å². The lowest BCUT2D eigenvalue weighted by Gasteiger charge is -2.33. The van der Waals surface area contributed by atoms with E-state index in [0.717, 1.165) is 51.4 Å². The average molecular weight is 509 g/mol. The number of carbonyl (C=O) groups is 2. The van der Waals surface area contributed by atoms with Crippen molar-refractivity contribution in [1.29, 1.82) is 0 Å². The third-order valence-corrected chi connectivity index (χ3v) is 8.40. The van der Waals surface area contributed by atoms with Crippen LogP contribution in [-0.2, 0) is 16.1 Å². The van der Waals surface area contributed by atoms with E-state index in [-0.39, 0.29) is 17.6 Å². The number of amides is 1. The molecule has 1 aliphatic heterocycles. The van der Waals surface area contributed by atoms with Crippen molar-refractivity contribution in [2.75, 3.05) is 5.32 Å². The van der Waals surface area contributed by atoms with Gasteiger partial charge in [-0.05, 0) is 62.6 Å². The summed E-state index contributed by atoms with van der Waals surface area (Å²) in [6, 6.07) is 19.7. The number of benzene rings is 2. The van der Waals surface area contributed by atoms with E-state index in [0.29, 0.717) is 18.5 Å². The van der Waals surface area contributed by atoms with Crippen LogP contribution in [0.5, 0.6) is 0 Å². The number of rotatable bonds is 5. The minimum atomic E-state index is -0.384. The van der Waals surface area contributed by atoms with Crippen LogP contribution in [0.25, 0.3) is 11.0 Å². The number of thiophene rings is 1. The number of imidazole rings is 1. The molecule has 0 spiro atoms. The molecule has 1 amide bonds. The maximum Gasteiger partial charge on any atom is 0.254 e. The third kappa shape index (κ3) is 4.29. The number of Topliss-reactive ketones (excluding diaryl/α,β-unsaturated/α-hetero) is 1. The summed E-state index contributed by atoms with van der Waals surface area (Å²) in [7, 11) is 0. The van der Waals surface area contributed by atoms with Gasteiger partial charge in [0.25, 0.3) is 5.91 Å². The van der Waals surface area contributed by atoms with E-state index in [1.807, 2.05) is 61.8 Å². The first kappa shape index (κ1) is 23.4. The number of para-hydroxylation sites is 3. The molecule has 4 aromatic rings. The number of carbonyl (C=O) groups excluding carboxylic acids is 2. The van der Waals surface area contributed by atoms with Crippen molar-refractivity contribution in [3.05, 3.63) is 105 Å². The van der Waals surface area contributed by atoms with Crippen LogP contribution in [0.4, 0.5) is 5.69 Å². The number of aryl methyl sites for hydroxylation is 1. The largest absolute Gasteiger partial charge is 0.362 e. The second-order valence-corrected chi connectivity index (χ2v) is 11.0. The minimum absolute atomic E-state index is 0.129. The van der Waals surface area contributed by atoms with Crippen molar-refractivity contribution in [3.8, 4) is 0 Å². The van der Waals surface area contributed by atoms with Crippen molar-refractivity contribution in [2.24, 2.45) is 0 Å². The van der Waals surface area contributed by atoms with Crippen LogP contribution in [0.2, 0.25) is 0 Å². The Morgan fingerprint density at radius 2 is 1.89 bits per heavy atom. The molecule has 6 rings (SSSR count). The first-order valence-corrected chi connectivity index (χ1v) is 13.4. The van der Waals surface area contributed by atoms with Gasteiger partial charge in [0.1, 0.15) is 0 Å². The van der Waals surface area contributed by atoms with Gasteiger partial charge in [0, 0.05) is 44.4 Å². The van der Waals surface area contributed by atoms with Crippen molar-refractivity contribution in [1.82, 2.24) is 14.9 Å². The van der Waals surface area contributed by atoms with Gasteiger partial charge < -0.3 is 15.2 Å². The number of ketones is 1. The molecule has 0 saturated heterocycles. The van der Waals surface area contributed by atoms with E-state index >= 15 is 0 Å². The summed E-state index contributed by atoms with van der Waals surface area (Å²) in [4.78, 5) is 33.7. The minimum Gasteiger partial charge on any atom is -0.362 e. The molecule has 0 radical (unpaired) electrons. The number of anilines is 1. The highest BCUT2D eigenvalue weighted by molar-refractivity contribution is 7.12. The number of aromatic nitrogens is 2. The molecule has 0 unspecified atom stereocenters. The van der Waals surface area contributed by atoms with Crippen LogP contribution < -0.4 is 10.6 Å². The summed E-state index contributed by atoms with van der Waals surface area (Å²) >= 11 is 1.67. The summed E-state index contributed by atoms with van der Waals surface area (Å²) in [6.45, 7) is 4.73. The van der Waals surface area contributed by atoms with Gasteiger partial charge in [-0.25, -0.2) is 4.98 Å². The Labute approximate surface area is 219 Å². The fourth-order valence-electron chi connectivity index (χ4n) is 5.45. The highest BCUT2D eigenvalue weighted by Gasteiger charge is 2.39. The molecule has 2 aromatic heterocycles. The van der Waals surface area contributed by atoms with Crippen LogP contribution in [0, 0.1) is 6.92 Å². The lowest BCUT2D eigenvalue weighted by molar-refractivity contribution is -0.116. The maximum absolute atomic E-state index is 13.7. The number of hydrogen-bond donors (Lipinski definition) is 2. The zero-order chi connectivity index (χ0) is 25.5. The van der Waals surface area contributed by atoms with E-state index in [9.17, 15) is 9.59 Å². The zero-order valence-electron chi connectivity index (χ0n) is 20.9. The number of nitrogens with zero attached hydrogens (tertiary/aromatic N) is 2. The number of fused-ring (bicyclic) bond motifs is 1. The molecule has 0 bridgehead atoms. The van der Waals surface area contributed by atoms with E-state index in [1.165, 1.54) is 10.4 Å². The molecule has 2 aliphatic rings. The van der Waals surface area contributed by atoms with Gasteiger partial charge in [-0.2, -0.15) is 0 Å². The molecule has 7 heteroatoms. The Morgan fingerprint density at radius 1 is 1.11 bits per heavy atom. The molecule has 0 saturated carbocycles. The molecule has 3 heterocycles. The van der Waals surface area contributed by atoms with Gasteiger partial charge in [0.15, 0.2) is 5.78 Å². The standard InChI is InChI=1S/C30H28N4O2S/c1-18-27(30(36)33-21-9-4-3-5-10-21)29(28-23(32-18)12-8-14-25(28)35)26-15-20(19(2)37-26)16-34-17-31-22-11-6-7-13-24(22)34/h3-7,9-11,13,15,17,29,32H,8,12,14,16H2,1-2H3,(H,33,36)/t29-/m0/s1. The molecular weight excluding hydrogens is 480 g/mol. The fourth-order valence-corrected chi connectivity index (χ4v) is 6.62. The Bertz CT molecular complexity index is 1590. The van der Waals surface area contributed by atoms with Crippen LogP contribution >= 0.6 is 11.3 Å². The van der Waals surface area contributed by atoms with Gasteiger partial charge in [-0.1, -0.05) is 30.3 Å². The monoisotopic (exact) mass is 508 g/mol. The highest BCUT2D eigenvalue weighted by Crippen LogP contribution is 2.45. The molecular formula is C30H28N4O2S. The van der Waals surface area contributed by atoms with E-state index < -0.39 is 0 Å². The van der Waals surface area contributed by atoms with Crippen LogP contribution in [0.3, 0.4) is 0 Å². The van der Waals surface area contributed by atoms with Crippen molar-refractivity contribution < 1.29 is 9.59 Å². The summed E-state index contributed by atoms with van der Waals surface area (Å²) in [5.41, 5.74) is 7.08. The Kier molecular flexibility index (Phi) is 6.00. The van der Waals surface area contributed by atoms with Crippen LogP contribution in [-0.4, -0.2) is 21.2 Å². The molecule has 0 fully saturated rings. The summed E-state index contributed by atoms with van der Waals surface area (Å²) in [5, 5.41) is 6.46. The lowest BCUT2D eigenvalue weighted by atomic mass is 9.77. The van der Waals surface area contributed by atoms with Gasteiger partial charge in [-0.15, -0.1) is 11.3 Å². The first-order chi connectivity index (χ1) is 18.0. The Balaban J connectivity index is 1.41. The molecule has 186 valence electrons. The third-order valence-electron chi connectivity index (χ3n) is 7.24. The smallest absolute Gasteiger partial charge is 0.254 e. The molecule has 1 aliphatic carbocycles. The number of dihydropyridines is 1. The molecule has 2 aromatic carbocycles. The molecule has 6 nitrogen and oxygen atoms in total. The Morgan fingerprint density at radius 3 is 2.73 bits per heavy atom. The predicted molar refractivity (Wildman–Crippen MR) is 147 cm³/mol. The van der Waals surface area contributed by atoms with Crippen LogP contribution in [0.1, 0.15) is 47.4 Å². The molecule has 37 heavy (non-hydrogen) atoms. The summed E-state index contributed by atoms with van der Waals surface area (Å²) in [5.74, 6) is -0.437. The quantitative estimate of drug-likeness (QED) is 0.344. The zero-order valence-corrected chi connectivity index (χ0v) is 21.7. The van der Waals surface area contributed by atoms with Gasteiger partial charge in [0.05, 0.1) is 29.8 Å². The first-order valence-electron chi connectivity index (χ1n) is 12.6. The van der Waals surface area contributed by atoms with Crippen molar-refractivity contribution >= 4 is 39.7 Å². The SMILES string of the molecule is CC1=C(C(=O)Nc2ccccc2)[C@H](c2cc(Cn3cnc4ccccc43)c(C)s2)C2=C(CCCC2=O)N1. The van der Waals surface area contributed by atoms with Gasteiger partial charge in [-0.3, -0.25) is 9.59 Å². The van der Waals surface area contributed by atoms with E-state index in [2.05, 4.69) is 39.2 Å². The number of allylic oxidation sites excluding steroid dienone is 3. The lowest BCUT2D eigenvalue weighted by Crippen LogP contribution is -2.35. The Hall–Kier alpha value is -3.97. The maximum atomic E-state index is 13.7. The highest BCUT2D eigenvalue weighted by atomic mass is 32.1. The van der Waals surface area contributed by atoms with Gasteiger partial charge >= 0.3 is 0 Å². The van der Waals surface area contributed by atoms with Crippen molar-refractivity contribution in [2.45, 2.75) is 45.6 Å². The summed E-state index contributed by atoms with van der Waals surface area (Å²) < 4.78 is 2.15. The molecule has 1 atom stereocenters. The predicted octanol–water partition coefficient (Wildman–Crippen LogP) is 6.06.